The fraction of sp³-hybridized carbons (Fsp3) is 0.312. The Bertz CT molecular complexity index is 791. The molecule has 0 fully saturated rings. The van der Waals surface area contributed by atoms with Crippen molar-refractivity contribution in [1.82, 2.24) is 0 Å². The van der Waals surface area contributed by atoms with Crippen molar-refractivity contribution in [1.29, 1.82) is 0 Å². The summed E-state index contributed by atoms with van der Waals surface area (Å²) in [5, 5.41) is 7.65. The topological polar surface area (TPSA) is 98.5 Å². The highest BCUT2D eigenvalue weighted by molar-refractivity contribution is 7.93. The molecule has 4 N–H and O–H groups in total. The fourth-order valence-electron chi connectivity index (χ4n) is 2.11. The molecule has 1 heterocycles. The van der Waals surface area contributed by atoms with Gasteiger partial charge in [-0.3, -0.25) is 4.79 Å². The van der Waals surface area contributed by atoms with Crippen LogP contribution in [0.15, 0.2) is 50.4 Å². The van der Waals surface area contributed by atoms with Gasteiger partial charge in [0.2, 0.25) is 0 Å². The summed E-state index contributed by atoms with van der Waals surface area (Å²) in [5.74, 6) is -0.356. The van der Waals surface area contributed by atoms with Crippen LogP contribution in [0.4, 0.5) is 0 Å². The fourth-order valence-corrected chi connectivity index (χ4v) is 4.35. The molecule has 1 amide bonds. The number of carbonyl (C=O) groups excluding carboxylic acids is 1. The zero-order valence-corrected chi connectivity index (χ0v) is 14.8. The molecule has 1 unspecified atom stereocenters. The van der Waals surface area contributed by atoms with Crippen molar-refractivity contribution >= 4 is 27.2 Å². The Morgan fingerprint density at radius 2 is 1.91 bits per heavy atom. The van der Waals surface area contributed by atoms with Gasteiger partial charge in [-0.1, -0.05) is 44.2 Å². The lowest BCUT2D eigenvalue weighted by molar-refractivity contribution is -0.119. The largest absolute Gasteiger partial charge is 0.320 e. The van der Waals surface area contributed by atoms with Crippen molar-refractivity contribution in [2.45, 2.75) is 30.5 Å². The number of nitrogens with two attached hydrogens (primary N) is 2. The van der Waals surface area contributed by atoms with E-state index < -0.39 is 21.9 Å². The van der Waals surface area contributed by atoms with Crippen molar-refractivity contribution in [2.75, 3.05) is 0 Å². The van der Waals surface area contributed by atoms with E-state index in [0.29, 0.717) is 10.6 Å². The number of nitrogens with zero attached hydrogens (tertiary/aromatic N) is 1. The van der Waals surface area contributed by atoms with Crippen molar-refractivity contribution in [3.63, 3.8) is 0 Å². The van der Waals surface area contributed by atoms with E-state index >= 15 is 0 Å². The number of hydrogen-bond acceptors (Lipinski definition) is 4. The monoisotopic (exact) mass is 351 g/mol. The first-order valence-electron chi connectivity index (χ1n) is 7.28. The predicted molar refractivity (Wildman–Crippen MR) is 95.2 cm³/mol. The number of rotatable bonds is 5. The molecule has 1 aromatic carbocycles. The van der Waals surface area contributed by atoms with Gasteiger partial charge in [-0.15, -0.1) is 15.7 Å². The highest BCUT2D eigenvalue weighted by Gasteiger charge is 2.19. The van der Waals surface area contributed by atoms with Crippen LogP contribution in [0.2, 0.25) is 0 Å². The van der Waals surface area contributed by atoms with Crippen molar-refractivity contribution in [2.24, 2.45) is 21.2 Å². The van der Waals surface area contributed by atoms with Crippen LogP contribution in [-0.4, -0.2) is 16.2 Å². The van der Waals surface area contributed by atoms with Crippen LogP contribution in [0.1, 0.15) is 20.3 Å². The maximum atomic E-state index is 12.6. The SMILES string of the molecule is CC(C)C[C@H](N)C(=O)N=S(N)(=O)c1cc(-c2ccccc2)cs1. The van der Waals surface area contributed by atoms with Crippen molar-refractivity contribution in [3.8, 4) is 11.1 Å². The van der Waals surface area contributed by atoms with E-state index in [9.17, 15) is 9.00 Å². The van der Waals surface area contributed by atoms with E-state index in [1.54, 1.807) is 6.07 Å². The van der Waals surface area contributed by atoms with Crippen LogP contribution in [-0.2, 0) is 14.7 Å². The van der Waals surface area contributed by atoms with Gasteiger partial charge in [-0.25, -0.2) is 9.35 Å². The molecular weight excluding hydrogens is 330 g/mol. The molecule has 7 heteroatoms. The van der Waals surface area contributed by atoms with E-state index in [0.717, 1.165) is 11.1 Å². The van der Waals surface area contributed by atoms with Gasteiger partial charge in [-0.2, -0.15) is 0 Å². The first-order chi connectivity index (χ1) is 10.8. The molecule has 1 aromatic heterocycles. The number of carbonyl (C=O) groups is 1. The molecule has 0 radical (unpaired) electrons. The number of thiophene rings is 1. The lowest BCUT2D eigenvalue weighted by Crippen LogP contribution is -2.32. The summed E-state index contributed by atoms with van der Waals surface area (Å²) in [7, 11) is -3.26. The standard InChI is InChI=1S/C16H21N3O2S2/c1-11(2)8-14(17)16(20)19-23(18,21)15-9-13(10-22-15)12-6-4-3-5-7-12/h3-7,9-11,14H,8,17H2,1-2H3,(H2,18,19,20,21)/t14-,23?/m0/s1. The minimum atomic E-state index is -3.26. The summed E-state index contributed by atoms with van der Waals surface area (Å²) >= 11 is 1.23. The molecule has 5 nitrogen and oxygen atoms in total. The van der Waals surface area contributed by atoms with Gasteiger partial charge in [0.05, 0.1) is 6.04 Å². The summed E-state index contributed by atoms with van der Waals surface area (Å²) in [5.41, 5.74) is 7.67. The zero-order chi connectivity index (χ0) is 17.0. The first-order valence-corrected chi connectivity index (χ1v) is 9.73. The molecule has 2 aromatic rings. The summed E-state index contributed by atoms with van der Waals surface area (Å²) in [6.07, 6.45) is 0.484. The molecule has 2 rings (SSSR count). The highest BCUT2D eigenvalue weighted by atomic mass is 32.2. The minimum absolute atomic E-state index is 0.254. The second-order valence-corrected chi connectivity index (χ2v) is 8.68. The molecule has 0 saturated carbocycles. The van der Waals surface area contributed by atoms with E-state index in [-0.39, 0.29) is 5.92 Å². The Morgan fingerprint density at radius 3 is 2.52 bits per heavy atom. The smallest absolute Gasteiger partial charge is 0.271 e. The lowest BCUT2D eigenvalue weighted by atomic mass is 10.0. The van der Waals surface area contributed by atoms with Crippen LogP contribution in [0.3, 0.4) is 0 Å². The molecule has 0 aliphatic carbocycles. The molecule has 0 saturated heterocycles. The zero-order valence-electron chi connectivity index (χ0n) is 13.1. The lowest BCUT2D eigenvalue weighted by Gasteiger charge is -2.10. The molecule has 124 valence electrons. The highest BCUT2D eigenvalue weighted by Crippen LogP contribution is 2.28. The van der Waals surface area contributed by atoms with Gasteiger partial charge in [0, 0.05) is 0 Å². The Kier molecular flexibility index (Phi) is 5.69. The number of benzene rings is 1. The molecule has 0 aliphatic rings. The second kappa shape index (κ2) is 7.35. The van der Waals surface area contributed by atoms with Crippen LogP contribution in [0.5, 0.6) is 0 Å². The van der Waals surface area contributed by atoms with Crippen LogP contribution >= 0.6 is 11.3 Å². The molecular formula is C16H21N3O2S2. The van der Waals surface area contributed by atoms with Gasteiger partial charge in [0.1, 0.15) is 4.21 Å². The Hall–Kier alpha value is -1.54. The average Bonchev–Trinajstić information content (AvgIpc) is 2.97. The van der Waals surface area contributed by atoms with Crippen LogP contribution in [0.25, 0.3) is 11.1 Å². The molecule has 0 aliphatic heterocycles. The van der Waals surface area contributed by atoms with Gasteiger partial charge >= 0.3 is 0 Å². The normalized spacial score (nSPS) is 15.2. The van der Waals surface area contributed by atoms with Crippen molar-refractivity contribution in [3.05, 3.63) is 41.8 Å². The third-order valence-corrected chi connectivity index (χ3v) is 6.11. The molecule has 0 bridgehead atoms. The van der Waals surface area contributed by atoms with Gasteiger partial charge in [-0.05, 0) is 34.9 Å². The van der Waals surface area contributed by atoms with Crippen molar-refractivity contribution < 1.29 is 9.00 Å². The van der Waals surface area contributed by atoms with E-state index in [1.807, 2.05) is 49.6 Å². The second-order valence-electron chi connectivity index (χ2n) is 5.75. The minimum Gasteiger partial charge on any atom is -0.320 e. The van der Waals surface area contributed by atoms with Gasteiger partial charge in [0.25, 0.3) is 5.91 Å². The summed E-state index contributed by atoms with van der Waals surface area (Å²) < 4.78 is 16.6. The Balaban J connectivity index is 2.26. The molecule has 2 atom stereocenters. The molecule has 0 spiro atoms. The van der Waals surface area contributed by atoms with E-state index in [1.165, 1.54) is 11.3 Å². The number of amides is 1. The summed E-state index contributed by atoms with van der Waals surface area (Å²) in [6.45, 7) is 3.91. The predicted octanol–water partition coefficient (Wildman–Crippen LogP) is 3.02. The van der Waals surface area contributed by atoms with E-state index in [2.05, 4.69) is 4.36 Å². The van der Waals surface area contributed by atoms with E-state index in [4.69, 9.17) is 10.9 Å². The first kappa shape index (κ1) is 17.8. The Labute approximate surface area is 141 Å². The summed E-state index contributed by atoms with van der Waals surface area (Å²) in [4.78, 5) is 12.0. The maximum Gasteiger partial charge on any atom is 0.271 e. The van der Waals surface area contributed by atoms with Crippen LogP contribution in [0, 0.1) is 5.92 Å². The third-order valence-electron chi connectivity index (χ3n) is 3.24. The van der Waals surface area contributed by atoms with Gasteiger partial charge in [0.15, 0.2) is 9.92 Å². The third kappa shape index (κ3) is 4.71. The quantitative estimate of drug-likeness (QED) is 0.866. The molecule has 23 heavy (non-hydrogen) atoms. The average molecular weight is 351 g/mol. The van der Waals surface area contributed by atoms with Gasteiger partial charge < -0.3 is 5.73 Å². The van der Waals surface area contributed by atoms with Crippen LogP contribution < -0.4 is 10.9 Å². The summed E-state index contributed by atoms with van der Waals surface area (Å²) in [6, 6.07) is 10.6. The maximum absolute atomic E-state index is 12.6. The Morgan fingerprint density at radius 1 is 1.26 bits per heavy atom. The number of hydrogen-bond donors (Lipinski definition) is 2.